The summed E-state index contributed by atoms with van der Waals surface area (Å²) in [5.74, 6) is 0.723. The predicted molar refractivity (Wildman–Crippen MR) is 86.3 cm³/mol. The van der Waals surface area contributed by atoms with Gasteiger partial charge in [-0.15, -0.1) is 0 Å². The number of nitrogens with zero attached hydrogens (tertiary/aromatic N) is 1. The van der Waals surface area contributed by atoms with Crippen molar-refractivity contribution in [2.45, 2.75) is 0 Å². The lowest BCUT2D eigenvalue weighted by Crippen LogP contribution is -2.31. The molecular weight excluding hydrogens is 290 g/mol. The van der Waals surface area contributed by atoms with Gasteiger partial charge in [0.1, 0.15) is 5.75 Å². The van der Waals surface area contributed by atoms with E-state index in [9.17, 15) is 4.79 Å². The second-order valence-corrected chi connectivity index (χ2v) is 4.86. The van der Waals surface area contributed by atoms with Crippen molar-refractivity contribution in [1.82, 2.24) is 0 Å². The van der Waals surface area contributed by atoms with Gasteiger partial charge in [-0.3, -0.25) is 4.90 Å². The number of halogens is 1. The number of amides is 2. The second-order valence-electron chi connectivity index (χ2n) is 4.42. The minimum atomic E-state index is -0.311. The first-order valence-electron chi connectivity index (χ1n) is 6.25. The van der Waals surface area contributed by atoms with E-state index in [0.29, 0.717) is 22.1 Å². The topological polar surface area (TPSA) is 67.6 Å². The quantitative estimate of drug-likeness (QED) is 0.851. The molecule has 6 heteroatoms. The molecule has 0 aromatic heterocycles. The molecule has 0 unspecified atom stereocenters. The van der Waals surface area contributed by atoms with Gasteiger partial charge in [0, 0.05) is 17.8 Å². The summed E-state index contributed by atoms with van der Waals surface area (Å²) in [6.45, 7) is 0. The lowest BCUT2D eigenvalue weighted by atomic mass is 10.2. The summed E-state index contributed by atoms with van der Waals surface area (Å²) in [5, 5.41) is 3.29. The molecule has 0 saturated heterocycles. The molecule has 2 amide bonds. The van der Waals surface area contributed by atoms with Crippen LogP contribution in [0, 0.1) is 0 Å². The number of ether oxygens (including phenoxy) is 1. The Morgan fingerprint density at radius 1 is 1.24 bits per heavy atom. The van der Waals surface area contributed by atoms with E-state index in [2.05, 4.69) is 5.32 Å². The highest BCUT2D eigenvalue weighted by atomic mass is 35.5. The molecule has 0 fully saturated rings. The number of nitrogens with two attached hydrogens (primary N) is 1. The molecule has 2 aromatic rings. The molecule has 0 aliphatic carbocycles. The molecular formula is C15H16ClN3O2. The van der Waals surface area contributed by atoms with Crippen LogP contribution in [0.25, 0.3) is 0 Å². The van der Waals surface area contributed by atoms with Crippen molar-refractivity contribution in [2.24, 2.45) is 0 Å². The third-order valence-corrected chi connectivity index (χ3v) is 3.23. The minimum Gasteiger partial charge on any atom is -0.497 e. The van der Waals surface area contributed by atoms with Gasteiger partial charge < -0.3 is 15.8 Å². The van der Waals surface area contributed by atoms with Crippen LogP contribution in [0.5, 0.6) is 5.75 Å². The number of anilines is 3. The first-order chi connectivity index (χ1) is 10.0. The number of urea groups is 1. The number of carbonyl (C=O) groups excluding carboxylic acids is 1. The zero-order valence-corrected chi connectivity index (χ0v) is 12.5. The third-order valence-electron chi connectivity index (χ3n) is 3.00. The Labute approximate surface area is 128 Å². The molecule has 0 radical (unpaired) electrons. The maximum atomic E-state index is 12.2. The van der Waals surface area contributed by atoms with Crippen molar-refractivity contribution in [3.63, 3.8) is 0 Å². The van der Waals surface area contributed by atoms with Gasteiger partial charge in [-0.25, -0.2) is 4.79 Å². The highest BCUT2D eigenvalue weighted by molar-refractivity contribution is 6.31. The fraction of sp³-hybridized carbons (Fsp3) is 0.133. The van der Waals surface area contributed by atoms with E-state index in [-0.39, 0.29) is 6.03 Å². The fourth-order valence-corrected chi connectivity index (χ4v) is 1.96. The largest absolute Gasteiger partial charge is 0.497 e. The van der Waals surface area contributed by atoms with E-state index in [1.807, 2.05) is 0 Å². The number of carbonyl (C=O) groups is 1. The average molecular weight is 306 g/mol. The van der Waals surface area contributed by atoms with Gasteiger partial charge >= 0.3 is 6.03 Å². The van der Waals surface area contributed by atoms with E-state index >= 15 is 0 Å². The Balaban J connectivity index is 2.13. The fourth-order valence-electron chi connectivity index (χ4n) is 1.80. The maximum absolute atomic E-state index is 12.2. The molecule has 110 valence electrons. The summed E-state index contributed by atoms with van der Waals surface area (Å²) in [4.78, 5) is 13.6. The Morgan fingerprint density at radius 2 is 1.90 bits per heavy atom. The first-order valence-corrected chi connectivity index (χ1v) is 6.63. The van der Waals surface area contributed by atoms with E-state index in [4.69, 9.17) is 22.1 Å². The van der Waals surface area contributed by atoms with Crippen molar-refractivity contribution in [1.29, 1.82) is 0 Å². The highest BCUT2D eigenvalue weighted by Crippen LogP contribution is 2.26. The maximum Gasteiger partial charge on any atom is 0.326 e. The van der Waals surface area contributed by atoms with Crippen LogP contribution in [0.4, 0.5) is 21.9 Å². The summed E-state index contributed by atoms with van der Waals surface area (Å²) in [6.07, 6.45) is 0. The summed E-state index contributed by atoms with van der Waals surface area (Å²) in [5.41, 5.74) is 7.55. The van der Waals surface area contributed by atoms with Crippen LogP contribution in [-0.4, -0.2) is 20.2 Å². The first kappa shape index (κ1) is 15.0. The molecule has 0 bridgehead atoms. The molecule has 0 heterocycles. The molecule has 2 rings (SSSR count). The van der Waals surface area contributed by atoms with Crippen molar-refractivity contribution in [3.8, 4) is 5.75 Å². The van der Waals surface area contributed by atoms with E-state index in [0.717, 1.165) is 5.75 Å². The molecule has 0 spiro atoms. The molecule has 0 aliphatic rings. The van der Waals surface area contributed by atoms with Crippen LogP contribution in [0.1, 0.15) is 0 Å². The number of methoxy groups -OCH3 is 1. The Hall–Kier alpha value is -2.40. The minimum absolute atomic E-state index is 0.311. The molecule has 3 N–H and O–H groups in total. The molecule has 21 heavy (non-hydrogen) atoms. The van der Waals surface area contributed by atoms with Crippen LogP contribution in [0.2, 0.25) is 5.02 Å². The van der Waals surface area contributed by atoms with Gasteiger partial charge in [0.05, 0.1) is 18.5 Å². The molecule has 0 aliphatic heterocycles. The van der Waals surface area contributed by atoms with Gasteiger partial charge in [-0.05, 0) is 42.5 Å². The number of rotatable bonds is 3. The number of nitrogens with one attached hydrogen (secondary N) is 1. The Kier molecular flexibility index (Phi) is 4.55. The lowest BCUT2D eigenvalue weighted by Gasteiger charge is -2.20. The van der Waals surface area contributed by atoms with Crippen molar-refractivity contribution in [3.05, 3.63) is 47.5 Å². The van der Waals surface area contributed by atoms with Gasteiger partial charge in [0.15, 0.2) is 0 Å². The van der Waals surface area contributed by atoms with Crippen LogP contribution >= 0.6 is 11.6 Å². The SMILES string of the molecule is COc1ccc(NC(=O)N(C)c2cc(Cl)ccc2N)cc1. The van der Waals surface area contributed by atoms with Crippen molar-refractivity contribution < 1.29 is 9.53 Å². The number of hydrogen-bond donors (Lipinski definition) is 2. The lowest BCUT2D eigenvalue weighted by molar-refractivity contribution is 0.258. The van der Waals surface area contributed by atoms with E-state index in [1.165, 1.54) is 4.90 Å². The zero-order valence-electron chi connectivity index (χ0n) is 11.8. The van der Waals surface area contributed by atoms with E-state index < -0.39 is 0 Å². The second kappa shape index (κ2) is 6.37. The number of benzene rings is 2. The summed E-state index contributed by atoms with van der Waals surface area (Å²) >= 11 is 5.93. The number of hydrogen-bond acceptors (Lipinski definition) is 3. The van der Waals surface area contributed by atoms with E-state index in [1.54, 1.807) is 56.6 Å². The summed E-state index contributed by atoms with van der Waals surface area (Å²) in [7, 11) is 3.21. The number of nitrogen functional groups attached to an aromatic ring is 1. The monoisotopic (exact) mass is 305 g/mol. The van der Waals surface area contributed by atoms with Gasteiger partial charge in [0.25, 0.3) is 0 Å². The summed E-state index contributed by atoms with van der Waals surface area (Å²) < 4.78 is 5.07. The molecule has 5 nitrogen and oxygen atoms in total. The smallest absolute Gasteiger partial charge is 0.326 e. The van der Waals surface area contributed by atoms with Crippen molar-refractivity contribution in [2.75, 3.05) is 30.1 Å². The van der Waals surface area contributed by atoms with Crippen LogP contribution in [0.3, 0.4) is 0 Å². The highest BCUT2D eigenvalue weighted by Gasteiger charge is 2.14. The van der Waals surface area contributed by atoms with Crippen LogP contribution in [0.15, 0.2) is 42.5 Å². The standard InChI is InChI=1S/C15H16ClN3O2/c1-19(14-9-10(16)3-8-13(14)17)15(20)18-11-4-6-12(21-2)7-5-11/h3-9H,17H2,1-2H3,(H,18,20). The van der Waals surface area contributed by atoms with Gasteiger partial charge in [-0.1, -0.05) is 11.6 Å². The van der Waals surface area contributed by atoms with Crippen molar-refractivity contribution >= 4 is 34.7 Å². The summed E-state index contributed by atoms with van der Waals surface area (Å²) in [6, 6.07) is 11.7. The van der Waals surface area contributed by atoms with Gasteiger partial charge in [-0.2, -0.15) is 0 Å². The predicted octanol–water partition coefficient (Wildman–Crippen LogP) is 3.60. The Morgan fingerprint density at radius 3 is 2.52 bits per heavy atom. The normalized spacial score (nSPS) is 10.0. The zero-order chi connectivity index (χ0) is 15.4. The average Bonchev–Trinajstić information content (AvgIpc) is 2.49. The molecule has 0 saturated carbocycles. The Bertz CT molecular complexity index is 644. The van der Waals surface area contributed by atoms with Crippen LogP contribution < -0.4 is 20.7 Å². The van der Waals surface area contributed by atoms with Crippen LogP contribution in [-0.2, 0) is 0 Å². The molecule has 0 atom stereocenters. The third kappa shape index (κ3) is 3.58. The van der Waals surface area contributed by atoms with Gasteiger partial charge in [0.2, 0.25) is 0 Å². The molecule has 2 aromatic carbocycles.